The minimum atomic E-state index is -0.583. The zero-order valence-corrected chi connectivity index (χ0v) is 27.9. The molecule has 0 aromatic heterocycles. The average molecular weight is 605 g/mol. The summed E-state index contributed by atoms with van der Waals surface area (Å²) in [7, 11) is 1.66. The molecule has 0 aromatic carbocycles. The summed E-state index contributed by atoms with van der Waals surface area (Å²) in [6.45, 7) is 16.4. The predicted octanol–water partition coefficient (Wildman–Crippen LogP) is 6.44. The van der Waals surface area contributed by atoms with Gasteiger partial charge in [-0.3, -0.25) is 0 Å². The maximum Gasteiger partial charge on any atom is 0.186 e. The summed E-state index contributed by atoms with van der Waals surface area (Å²) in [6.07, 6.45) is 8.02. The summed E-state index contributed by atoms with van der Waals surface area (Å²) in [6, 6.07) is 0. The molecule has 250 valence electrons. The zero-order chi connectivity index (χ0) is 30.6. The van der Waals surface area contributed by atoms with Crippen LogP contribution in [0.2, 0.25) is 0 Å². The maximum atomic E-state index is 6.48. The number of ether oxygens (including phenoxy) is 9. The van der Waals surface area contributed by atoms with Gasteiger partial charge in [0.2, 0.25) is 0 Å². The molecule has 9 nitrogen and oxygen atoms in total. The highest BCUT2D eigenvalue weighted by atomic mass is 16.7. The third-order valence-corrected chi connectivity index (χ3v) is 7.95. The van der Waals surface area contributed by atoms with Gasteiger partial charge < -0.3 is 42.6 Å². The Morgan fingerprint density at radius 2 is 1.02 bits per heavy atom. The first-order valence-electron chi connectivity index (χ1n) is 17.1. The van der Waals surface area contributed by atoms with Crippen LogP contribution in [-0.2, 0) is 42.6 Å². The minimum absolute atomic E-state index is 0.0840. The molecule has 0 aromatic rings. The van der Waals surface area contributed by atoms with Gasteiger partial charge in [-0.1, -0.05) is 66.7 Å². The van der Waals surface area contributed by atoms with Crippen molar-refractivity contribution in [3.05, 3.63) is 0 Å². The lowest BCUT2D eigenvalue weighted by atomic mass is 9.97. The van der Waals surface area contributed by atoms with E-state index in [-0.39, 0.29) is 43.2 Å². The third-order valence-electron chi connectivity index (χ3n) is 7.95. The Bertz CT molecular complexity index is 639. The molecule has 0 N–H and O–H groups in total. The summed E-state index contributed by atoms with van der Waals surface area (Å²) in [5.41, 5.74) is 0. The minimum Gasteiger partial charge on any atom is -0.375 e. The van der Waals surface area contributed by atoms with Crippen LogP contribution in [0.3, 0.4) is 0 Å². The van der Waals surface area contributed by atoms with Gasteiger partial charge in [0.25, 0.3) is 0 Å². The molecule has 9 atom stereocenters. The fraction of sp³-hybridized carbons (Fsp3) is 1.00. The Labute approximate surface area is 256 Å². The van der Waals surface area contributed by atoms with Crippen LogP contribution in [0.5, 0.6) is 0 Å². The molecule has 2 fully saturated rings. The predicted molar refractivity (Wildman–Crippen MR) is 164 cm³/mol. The van der Waals surface area contributed by atoms with E-state index in [1.807, 2.05) is 6.92 Å². The second-order valence-corrected chi connectivity index (χ2v) is 11.6. The quantitative estimate of drug-likeness (QED) is 0.116. The van der Waals surface area contributed by atoms with Gasteiger partial charge in [-0.25, -0.2) is 0 Å². The molecule has 2 saturated heterocycles. The van der Waals surface area contributed by atoms with Crippen molar-refractivity contribution in [3.63, 3.8) is 0 Å². The number of methoxy groups -OCH3 is 1. The van der Waals surface area contributed by atoms with Crippen LogP contribution < -0.4 is 0 Å². The topological polar surface area (TPSA) is 83.1 Å². The van der Waals surface area contributed by atoms with Crippen molar-refractivity contribution in [2.24, 2.45) is 0 Å². The van der Waals surface area contributed by atoms with Crippen molar-refractivity contribution in [1.29, 1.82) is 0 Å². The smallest absolute Gasteiger partial charge is 0.186 e. The molecular weight excluding hydrogens is 540 g/mol. The number of rotatable bonds is 24. The molecule has 2 aliphatic heterocycles. The van der Waals surface area contributed by atoms with E-state index in [9.17, 15) is 0 Å². The van der Waals surface area contributed by atoms with E-state index < -0.39 is 18.7 Å². The Kier molecular flexibility index (Phi) is 20.8. The lowest BCUT2D eigenvalue weighted by molar-refractivity contribution is -0.329. The number of unbranched alkanes of at least 4 members (excludes halogenated alkanes) is 5. The highest BCUT2D eigenvalue weighted by molar-refractivity contribution is 4.93. The van der Waals surface area contributed by atoms with Gasteiger partial charge >= 0.3 is 0 Å². The first-order chi connectivity index (χ1) is 20.5. The van der Waals surface area contributed by atoms with Crippen LogP contribution in [-0.4, -0.2) is 102 Å². The van der Waals surface area contributed by atoms with E-state index in [0.29, 0.717) is 39.5 Å². The fourth-order valence-electron chi connectivity index (χ4n) is 5.32. The average Bonchev–Trinajstić information content (AvgIpc) is 2.99. The normalized spacial score (nSPS) is 31.9. The van der Waals surface area contributed by atoms with Crippen LogP contribution in [0.15, 0.2) is 0 Å². The molecule has 0 saturated carbocycles. The standard InChI is InChI=1S/C33H64O9/c1-8-13-18-35-26-23-28(41-25(6)29(26)36-19-14-9-2)40-24-27-30(37-20-15-10-3)31(38-21-16-11-4)32(33(34-7)42-27)39-22-17-12-5/h25-33H,8-24H2,1-7H3/t25?,26-,27?,28+,29?,30-,31?,32?,33+/m1/s1. The molecule has 2 heterocycles. The zero-order valence-electron chi connectivity index (χ0n) is 27.9. The van der Waals surface area contributed by atoms with Gasteiger partial charge in [-0.2, -0.15) is 0 Å². The highest BCUT2D eigenvalue weighted by Crippen LogP contribution is 2.32. The van der Waals surface area contributed by atoms with Gasteiger partial charge in [0, 0.05) is 46.6 Å². The SMILES string of the molecule is CCCCOC1C(OCCCC)[C@H](OCCCC)C(CO[C@@H]2C[C@@H](OCCCC)C(OCCCC)C(C)O2)O[C@@H]1OC. The van der Waals surface area contributed by atoms with Gasteiger partial charge in [0.1, 0.15) is 30.5 Å². The summed E-state index contributed by atoms with van der Waals surface area (Å²) in [5.74, 6) is 0. The number of hydrogen-bond donors (Lipinski definition) is 0. The maximum absolute atomic E-state index is 6.48. The Morgan fingerprint density at radius 1 is 0.548 bits per heavy atom. The largest absolute Gasteiger partial charge is 0.375 e. The monoisotopic (exact) mass is 604 g/mol. The molecule has 0 radical (unpaired) electrons. The summed E-state index contributed by atoms with van der Waals surface area (Å²) < 4.78 is 56.9. The molecule has 9 heteroatoms. The first-order valence-corrected chi connectivity index (χ1v) is 17.1. The van der Waals surface area contributed by atoms with Crippen molar-refractivity contribution in [3.8, 4) is 0 Å². The van der Waals surface area contributed by atoms with Crippen molar-refractivity contribution in [2.45, 2.75) is 167 Å². The first kappa shape index (κ1) is 37.8. The van der Waals surface area contributed by atoms with E-state index in [4.69, 9.17) is 42.6 Å². The molecule has 0 amide bonds. The Hall–Kier alpha value is -0.360. The number of hydrogen-bond acceptors (Lipinski definition) is 9. The molecule has 0 aliphatic carbocycles. The summed E-state index contributed by atoms with van der Waals surface area (Å²) >= 11 is 0. The van der Waals surface area contributed by atoms with Gasteiger partial charge in [-0.15, -0.1) is 0 Å². The van der Waals surface area contributed by atoms with E-state index in [1.54, 1.807) is 7.11 Å². The van der Waals surface area contributed by atoms with Crippen LogP contribution in [0.25, 0.3) is 0 Å². The molecule has 42 heavy (non-hydrogen) atoms. The molecule has 0 spiro atoms. The Balaban J connectivity index is 2.16. The molecule has 2 aliphatic rings. The van der Waals surface area contributed by atoms with Crippen molar-refractivity contribution >= 4 is 0 Å². The second kappa shape index (κ2) is 23.0. The lowest BCUT2D eigenvalue weighted by Crippen LogP contribution is -2.62. The third kappa shape index (κ3) is 12.9. The van der Waals surface area contributed by atoms with Gasteiger partial charge in [0.05, 0.1) is 18.8 Å². The van der Waals surface area contributed by atoms with Crippen molar-refractivity contribution < 1.29 is 42.6 Å². The van der Waals surface area contributed by atoms with E-state index in [2.05, 4.69) is 34.6 Å². The fourth-order valence-corrected chi connectivity index (χ4v) is 5.32. The van der Waals surface area contributed by atoms with E-state index in [0.717, 1.165) is 64.2 Å². The molecule has 5 unspecified atom stereocenters. The van der Waals surface area contributed by atoms with Crippen molar-refractivity contribution in [1.82, 2.24) is 0 Å². The Morgan fingerprint density at radius 3 is 1.55 bits per heavy atom. The van der Waals surface area contributed by atoms with Gasteiger partial charge in [-0.05, 0) is 39.0 Å². The van der Waals surface area contributed by atoms with E-state index in [1.165, 1.54) is 0 Å². The van der Waals surface area contributed by atoms with Crippen molar-refractivity contribution in [2.75, 3.05) is 46.8 Å². The van der Waals surface area contributed by atoms with Crippen LogP contribution >= 0.6 is 0 Å². The highest BCUT2D eigenvalue weighted by Gasteiger charge is 2.49. The van der Waals surface area contributed by atoms with Crippen LogP contribution in [0, 0.1) is 0 Å². The second-order valence-electron chi connectivity index (χ2n) is 11.6. The van der Waals surface area contributed by atoms with E-state index >= 15 is 0 Å². The van der Waals surface area contributed by atoms with Crippen LogP contribution in [0.4, 0.5) is 0 Å². The molecule has 2 rings (SSSR count). The lowest BCUT2D eigenvalue weighted by Gasteiger charge is -2.46. The summed E-state index contributed by atoms with van der Waals surface area (Å²) in [4.78, 5) is 0. The molecular formula is C33H64O9. The van der Waals surface area contributed by atoms with Gasteiger partial charge in [0.15, 0.2) is 12.6 Å². The summed E-state index contributed by atoms with van der Waals surface area (Å²) in [5, 5.41) is 0. The molecule has 0 bridgehead atoms. The van der Waals surface area contributed by atoms with Crippen LogP contribution in [0.1, 0.15) is 112 Å².